The monoisotopic (exact) mass is 1230 g/mol. The Bertz CT molecular complexity index is 2260. The van der Waals surface area contributed by atoms with E-state index >= 15 is 0 Å². The normalized spacial score (nSPS) is 10.2. The van der Waals surface area contributed by atoms with Gasteiger partial charge >= 0.3 is 23.9 Å². The molecule has 0 radical (unpaired) electrons. The molecular formula is C40H58FIN14O22. The van der Waals surface area contributed by atoms with Crippen molar-refractivity contribution >= 4 is 127 Å². The summed E-state index contributed by atoms with van der Waals surface area (Å²) in [6, 6.07) is 0. The fourth-order valence-electron chi connectivity index (χ4n) is 5.53. The number of nitrogens with one attached hydrogen (secondary N) is 10. The fraction of sp³-hybridized carbons (Fsp3) is 0.550. The molecule has 0 spiro atoms. The first-order chi connectivity index (χ1) is 36.6. The van der Waals surface area contributed by atoms with Crippen LogP contribution in [0, 0.1) is 0 Å². The molecule has 0 saturated heterocycles. The Hall–Kier alpha value is -8.72. The van der Waals surface area contributed by atoms with Crippen LogP contribution in [0.2, 0.25) is 0 Å². The van der Waals surface area contributed by atoms with E-state index in [4.69, 9.17) is 5.11 Å². The molecule has 0 aliphatic carbocycles. The van der Waals surface area contributed by atoms with Gasteiger partial charge in [0.25, 0.3) is 0 Å². The lowest BCUT2D eigenvalue weighted by molar-refractivity contribution is -0.146. The third-order valence-corrected chi connectivity index (χ3v) is 9.70. The average molecular weight is 1230 g/mol. The molecule has 0 fully saturated rings. The molecule has 0 aromatic rings. The largest absolute Gasteiger partial charge is 0.480 e. The lowest BCUT2D eigenvalue weighted by Gasteiger charge is -2.22. The van der Waals surface area contributed by atoms with Gasteiger partial charge in [0.2, 0.25) is 76.8 Å². The van der Waals surface area contributed by atoms with Crippen LogP contribution in [-0.4, -0.2) is 262 Å². The van der Waals surface area contributed by atoms with Crippen LogP contribution in [0.15, 0.2) is 0 Å². The summed E-state index contributed by atoms with van der Waals surface area (Å²) in [6.07, 6.45) is 1.16. The fourth-order valence-corrected chi connectivity index (χ4v) is 5.91. The van der Waals surface area contributed by atoms with E-state index in [1.165, 1.54) is 0 Å². The number of rotatable bonds is 40. The molecule has 0 rings (SSSR count). The van der Waals surface area contributed by atoms with Crippen LogP contribution >= 0.6 is 22.6 Å². The predicted molar refractivity (Wildman–Crippen MR) is 261 cm³/mol. The van der Waals surface area contributed by atoms with Crippen molar-refractivity contribution in [3.8, 4) is 0 Å². The molecule has 0 atom stereocenters. The first kappa shape index (κ1) is 69.3. The van der Waals surface area contributed by atoms with Crippen molar-refractivity contribution in [2.75, 3.05) is 118 Å². The summed E-state index contributed by atoms with van der Waals surface area (Å²) < 4.78 is 12.0. The van der Waals surface area contributed by atoms with Gasteiger partial charge in [0, 0.05) is 25.9 Å². The van der Waals surface area contributed by atoms with Crippen LogP contribution in [0.1, 0.15) is 25.7 Å². The Labute approximate surface area is 453 Å². The number of unbranched alkanes of at least 4 members (excludes halogenated alkanes) is 1. The van der Waals surface area contributed by atoms with Gasteiger partial charge in [-0.25, -0.2) is 0 Å². The lowest BCUT2D eigenvalue weighted by atomic mass is 10.2. The highest BCUT2D eigenvalue weighted by molar-refractivity contribution is 14.1. The first-order valence-corrected chi connectivity index (χ1v) is 23.6. The topological polar surface area (TPSA) is 521 Å². The molecule has 0 saturated carbocycles. The maximum Gasteiger partial charge on any atom is 0.323 e. The third kappa shape index (κ3) is 35.5. The number of carbonyl (C=O) groups excluding carboxylic acids is 14. The molecule has 36 nitrogen and oxygen atoms in total. The van der Waals surface area contributed by atoms with Crippen molar-refractivity contribution in [2.45, 2.75) is 25.7 Å². The van der Waals surface area contributed by atoms with Gasteiger partial charge in [-0.1, -0.05) is 0 Å². The number of carboxylic acids is 4. The van der Waals surface area contributed by atoms with Gasteiger partial charge < -0.3 is 87.9 Å². The van der Waals surface area contributed by atoms with E-state index in [2.05, 4.69) is 31.9 Å². The maximum atomic E-state index is 12.8. The second-order valence-corrected chi connectivity index (χ2v) is 16.8. The van der Waals surface area contributed by atoms with Gasteiger partial charge in [-0.2, -0.15) is 0 Å². The van der Waals surface area contributed by atoms with Crippen LogP contribution < -0.4 is 53.4 Å². The van der Waals surface area contributed by atoms with Crippen LogP contribution in [0.3, 0.4) is 0 Å². The van der Waals surface area contributed by atoms with E-state index in [1.54, 1.807) is 22.6 Å². The summed E-state index contributed by atoms with van der Waals surface area (Å²) in [5, 5.41) is 55.9. The Balaban J connectivity index is 4.99. The summed E-state index contributed by atoms with van der Waals surface area (Å²) in [5.74, 6) is -19.1. The minimum Gasteiger partial charge on any atom is -0.480 e. The molecule has 0 aliphatic heterocycles. The molecule has 0 aliphatic rings. The van der Waals surface area contributed by atoms with E-state index in [-0.39, 0.29) is 29.7 Å². The number of carbonyl (C=O) groups is 18. The van der Waals surface area contributed by atoms with E-state index in [1.807, 2.05) is 16.0 Å². The van der Waals surface area contributed by atoms with Gasteiger partial charge in [-0.05, 0) is 35.4 Å². The highest BCUT2D eigenvalue weighted by atomic mass is 127. The zero-order valence-corrected chi connectivity index (χ0v) is 43.4. The molecule has 0 heterocycles. The Kier molecular flexibility index (Phi) is 34.4. The zero-order valence-electron chi connectivity index (χ0n) is 41.2. The van der Waals surface area contributed by atoms with Crippen molar-refractivity contribution < 1.29 is 111 Å². The second kappa shape index (κ2) is 38.8. The number of hydrogen-bond acceptors (Lipinski definition) is 19. The highest BCUT2D eigenvalue weighted by Crippen LogP contribution is 2.04. The third-order valence-electron chi connectivity index (χ3n) is 9.16. The summed E-state index contributed by atoms with van der Waals surface area (Å²) in [7, 11) is 0. The van der Waals surface area contributed by atoms with Crippen molar-refractivity contribution in [2.24, 2.45) is 0 Å². The molecular weight excluding hydrogens is 1170 g/mol. The predicted octanol–water partition coefficient (Wildman–Crippen LogP) is -10.3. The maximum absolute atomic E-state index is 12.8. The molecule has 0 aromatic heterocycles. The lowest BCUT2D eigenvalue weighted by Crippen LogP contribution is -2.50. The number of amides is 13. The Morgan fingerprint density at radius 2 is 0.551 bits per heavy atom. The molecule has 38 heteroatoms. The van der Waals surface area contributed by atoms with E-state index in [0.717, 1.165) is 5.54 Å². The zero-order chi connectivity index (χ0) is 59.3. The van der Waals surface area contributed by atoms with Crippen LogP contribution in [0.4, 0.5) is 4.48 Å². The van der Waals surface area contributed by atoms with Crippen molar-refractivity contribution in [1.29, 1.82) is 0 Å². The second-order valence-electron chi connectivity index (χ2n) is 15.6. The van der Waals surface area contributed by atoms with E-state index in [0.29, 0.717) is 32.4 Å². The van der Waals surface area contributed by atoms with Gasteiger partial charge in [0.05, 0.1) is 45.8 Å². The van der Waals surface area contributed by atoms with Crippen molar-refractivity contribution in [1.82, 2.24) is 73.0 Å². The number of nitrogens with zero attached hydrogens (tertiary/aromatic N) is 4. The Morgan fingerprint density at radius 1 is 0.308 bits per heavy atom. The number of aliphatic carboxylic acids is 4. The van der Waals surface area contributed by atoms with Crippen LogP contribution in [-0.2, 0) is 86.3 Å². The molecule has 434 valence electrons. The average Bonchev–Trinajstić information content (AvgIpc) is 3.34. The quantitative estimate of drug-likeness (QED) is 0.0117. The molecule has 14 N–H and O–H groups in total. The SMILES string of the molecule is O=C(O)CN(CC(=O)NCCNC(=O)CN(CC(=O)O)C(=O)CNC(=O)CNC(=O)CN(CC(=O)O)C(=O)CNC(=O)CNC(=O)CCCCC(=O)I)C(=O)CNC(=O)CNC(=O)CN(CC(=O)O)C(=O)CNC(=O)CNF. The minimum absolute atomic E-state index is 0.0309. The molecule has 78 heavy (non-hydrogen) atoms. The van der Waals surface area contributed by atoms with Gasteiger partial charge in [0.15, 0.2) is 3.79 Å². The first-order valence-electron chi connectivity index (χ1n) is 22.5. The molecule has 0 bridgehead atoms. The summed E-state index contributed by atoms with van der Waals surface area (Å²) in [5.41, 5.74) is 1.03. The number of carboxylic acid groups (broad SMARTS) is 4. The van der Waals surface area contributed by atoms with Gasteiger partial charge in [-0.15, -0.1) is 10.0 Å². The Morgan fingerprint density at radius 3 is 0.821 bits per heavy atom. The van der Waals surface area contributed by atoms with Crippen molar-refractivity contribution in [3.05, 3.63) is 0 Å². The summed E-state index contributed by atoms with van der Waals surface area (Å²) >= 11 is 1.62. The standard InChI is InChI=1S/C40H58FIN14O22/c41-52-10-28(62)51-14-36(70)56(22-40(77)78)18-32(66)47-9-27(61)50-12-34(68)54(20-38(73)74)16-30(64)44-6-5-43-29(63)15-53(19-37(71)72)33(67)11-49-26(60)8-46-31(65)17-55(21-39(75)76)35(69)13-48-25(59)7-45-24(58)4-2-1-3-23(42)57/h52H,1-22H2,(H,43,63)(H,44,64)(H,45,58)(H,46,65)(H,47,66)(H,48,59)(H,49,60)(H,50,61)(H,51,62)(H,71,72)(H,73,74)(H,75,76)(H,77,78). The van der Waals surface area contributed by atoms with E-state index in [9.17, 15) is 106 Å². The molecule has 0 aromatic carbocycles. The number of halogens is 2. The smallest absolute Gasteiger partial charge is 0.323 e. The van der Waals surface area contributed by atoms with Gasteiger partial charge in [0.1, 0.15) is 58.9 Å². The van der Waals surface area contributed by atoms with Gasteiger partial charge in [-0.3, -0.25) is 86.3 Å². The van der Waals surface area contributed by atoms with Crippen LogP contribution in [0.25, 0.3) is 0 Å². The van der Waals surface area contributed by atoms with Crippen molar-refractivity contribution in [3.63, 3.8) is 0 Å². The molecule has 0 unspecified atom stereocenters. The summed E-state index contributed by atoms with van der Waals surface area (Å²) in [4.78, 5) is 218. The van der Waals surface area contributed by atoms with E-state index < -0.39 is 205 Å². The minimum atomic E-state index is -1.59. The summed E-state index contributed by atoms with van der Waals surface area (Å²) in [6.45, 7) is -15.0. The highest BCUT2D eigenvalue weighted by Gasteiger charge is 2.25. The van der Waals surface area contributed by atoms with Crippen LogP contribution in [0.5, 0.6) is 0 Å². The number of hydrogen-bond donors (Lipinski definition) is 14. The molecule has 13 amide bonds.